The van der Waals surface area contributed by atoms with Crippen LogP contribution in [0.2, 0.25) is 0 Å². The Hall–Kier alpha value is -1.82. The standard InChI is InChI=1S/C15H15N3O2S/c19-13(18-8-7-10-3-1-2-4-12(10)18)9-21-15-17-16-14(20-15)11-5-6-11/h1-4,11H,5-9H2. The molecule has 0 saturated heterocycles. The average molecular weight is 301 g/mol. The number of hydrogen-bond acceptors (Lipinski definition) is 5. The third-order valence-electron chi connectivity index (χ3n) is 3.86. The molecule has 0 unspecified atom stereocenters. The van der Waals surface area contributed by atoms with E-state index in [0.29, 0.717) is 16.9 Å². The Morgan fingerprint density at radius 1 is 1.33 bits per heavy atom. The summed E-state index contributed by atoms with van der Waals surface area (Å²) in [5.74, 6) is 1.60. The van der Waals surface area contributed by atoms with Crippen molar-refractivity contribution in [3.8, 4) is 0 Å². The molecule has 21 heavy (non-hydrogen) atoms. The van der Waals surface area contributed by atoms with Gasteiger partial charge in [-0.15, -0.1) is 10.2 Å². The number of aromatic nitrogens is 2. The Balaban J connectivity index is 1.39. The maximum Gasteiger partial charge on any atom is 0.277 e. The summed E-state index contributed by atoms with van der Waals surface area (Å²) in [7, 11) is 0. The second-order valence-electron chi connectivity index (χ2n) is 5.39. The molecular formula is C15H15N3O2S. The number of thioether (sulfide) groups is 1. The minimum Gasteiger partial charge on any atom is -0.416 e. The van der Waals surface area contributed by atoms with Gasteiger partial charge in [0.1, 0.15) is 0 Å². The van der Waals surface area contributed by atoms with E-state index in [1.807, 2.05) is 23.1 Å². The van der Waals surface area contributed by atoms with Gasteiger partial charge >= 0.3 is 0 Å². The van der Waals surface area contributed by atoms with Crippen molar-refractivity contribution in [2.75, 3.05) is 17.2 Å². The molecule has 0 bridgehead atoms. The van der Waals surface area contributed by atoms with E-state index in [0.717, 1.165) is 37.4 Å². The lowest BCUT2D eigenvalue weighted by atomic mass is 10.2. The Bertz CT molecular complexity index is 681. The first-order valence-corrected chi connectivity index (χ1v) is 8.14. The van der Waals surface area contributed by atoms with Gasteiger partial charge in [0.15, 0.2) is 0 Å². The minimum absolute atomic E-state index is 0.0936. The molecule has 2 aromatic rings. The van der Waals surface area contributed by atoms with Crippen LogP contribution in [0.1, 0.15) is 30.2 Å². The minimum atomic E-state index is 0.0936. The number of fused-ring (bicyclic) bond motifs is 1. The van der Waals surface area contributed by atoms with Crippen molar-refractivity contribution >= 4 is 23.4 Å². The van der Waals surface area contributed by atoms with Gasteiger partial charge in [-0.25, -0.2) is 0 Å². The maximum atomic E-state index is 12.3. The van der Waals surface area contributed by atoms with Gasteiger partial charge in [0.25, 0.3) is 5.22 Å². The smallest absolute Gasteiger partial charge is 0.277 e. The fraction of sp³-hybridized carbons (Fsp3) is 0.400. The van der Waals surface area contributed by atoms with Gasteiger partial charge in [-0.05, 0) is 30.9 Å². The van der Waals surface area contributed by atoms with Crippen molar-refractivity contribution in [2.24, 2.45) is 0 Å². The number of para-hydroxylation sites is 1. The Kier molecular flexibility index (Phi) is 3.18. The number of anilines is 1. The molecule has 1 saturated carbocycles. The van der Waals surface area contributed by atoms with Gasteiger partial charge in [-0.2, -0.15) is 0 Å². The number of amides is 1. The number of benzene rings is 1. The topological polar surface area (TPSA) is 59.2 Å². The average Bonchev–Trinajstić information content (AvgIpc) is 3.10. The molecule has 1 aliphatic heterocycles. The van der Waals surface area contributed by atoms with E-state index in [1.54, 1.807) is 0 Å². The summed E-state index contributed by atoms with van der Waals surface area (Å²) in [5, 5.41) is 8.52. The van der Waals surface area contributed by atoms with Gasteiger partial charge in [-0.3, -0.25) is 4.79 Å². The molecule has 108 valence electrons. The van der Waals surface area contributed by atoms with E-state index in [2.05, 4.69) is 16.3 Å². The molecule has 0 N–H and O–H groups in total. The Morgan fingerprint density at radius 2 is 2.19 bits per heavy atom. The number of nitrogens with zero attached hydrogens (tertiary/aromatic N) is 3. The summed E-state index contributed by atoms with van der Waals surface area (Å²) in [4.78, 5) is 14.2. The summed E-state index contributed by atoms with van der Waals surface area (Å²) in [6.07, 6.45) is 3.20. The number of carbonyl (C=O) groups excluding carboxylic acids is 1. The van der Waals surface area contributed by atoms with E-state index in [4.69, 9.17) is 4.42 Å². The molecule has 5 nitrogen and oxygen atoms in total. The maximum absolute atomic E-state index is 12.3. The number of hydrogen-bond donors (Lipinski definition) is 0. The lowest BCUT2D eigenvalue weighted by Gasteiger charge is -2.16. The zero-order chi connectivity index (χ0) is 14.2. The van der Waals surface area contributed by atoms with Crippen LogP contribution >= 0.6 is 11.8 Å². The van der Waals surface area contributed by atoms with Gasteiger partial charge in [0.2, 0.25) is 11.8 Å². The molecule has 1 aromatic carbocycles. The van der Waals surface area contributed by atoms with Gasteiger partial charge in [0, 0.05) is 18.2 Å². The third-order valence-corrected chi connectivity index (χ3v) is 4.66. The van der Waals surface area contributed by atoms with Crippen molar-refractivity contribution in [1.29, 1.82) is 0 Å². The molecule has 0 spiro atoms. The van der Waals surface area contributed by atoms with E-state index in [9.17, 15) is 4.79 Å². The van der Waals surface area contributed by atoms with E-state index < -0.39 is 0 Å². The van der Waals surface area contributed by atoms with Crippen LogP contribution < -0.4 is 4.90 Å². The van der Waals surface area contributed by atoms with Gasteiger partial charge < -0.3 is 9.32 Å². The SMILES string of the molecule is O=C(CSc1nnc(C2CC2)o1)N1CCc2ccccc21. The molecule has 1 fully saturated rings. The first kappa shape index (κ1) is 12.9. The zero-order valence-corrected chi connectivity index (χ0v) is 12.3. The van der Waals surface area contributed by atoms with E-state index in [-0.39, 0.29) is 5.91 Å². The van der Waals surface area contributed by atoms with Gasteiger partial charge in [-0.1, -0.05) is 30.0 Å². The van der Waals surface area contributed by atoms with Crippen LogP contribution in [-0.4, -0.2) is 28.4 Å². The summed E-state index contributed by atoms with van der Waals surface area (Å²) in [6.45, 7) is 0.760. The largest absolute Gasteiger partial charge is 0.416 e. The molecule has 0 atom stereocenters. The van der Waals surface area contributed by atoms with Crippen LogP contribution in [0.4, 0.5) is 5.69 Å². The van der Waals surface area contributed by atoms with Crippen LogP contribution in [0.15, 0.2) is 33.9 Å². The van der Waals surface area contributed by atoms with Crippen molar-refractivity contribution in [2.45, 2.75) is 30.4 Å². The summed E-state index contributed by atoms with van der Waals surface area (Å²) in [5.41, 5.74) is 2.27. The fourth-order valence-corrected chi connectivity index (χ4v) is 3.22. The molecule has 2 heterocycles. The highest BCUT2D eigenvalue weighted by molar-refractivity contribution is 7.99. The molecular weight excluding hydrogens is 286 g/mol. The molecule has 1 amide bonds. The lowest BCUT2D eigenvalue weighted by Crippen LogP contribution is -2.30. The predicted molar refractivity (Wildman–Crippen MR) is 79.5 cm³/mol. The van der Waals surface area contributed by atoms with Crippen LogP contribution in [0.5, 0.6) is 0 Å². The zero-order valence-electron chi connectivity index (χ0n) is 11.5. The quantitative estimate of drug-likeness (QED) is 0.812. The van der Waals surface area contributed by atoms with Gasteiger partial charge in [0.05, 0.1) is 5.75 Å². The summed E-state index contributed by atoms with van der Waals surface area (Å²) >= 11 is 1.32. The highest BCUT2D eigenvalue weighted by Crippen LogP contribution is 2.39. The van der Waals surface area contributed by atoms with Crippen LogP contribution in [0.3, 0.4) is 0 Å². The van der Waals surface area contributed by atoms with Crippen molar-refractivity contribution in [3.63, 3.8) is 0 Å². The molecule has 0 radical (unpaired) electrons. The number of carbonyl (C=O) groups is 1. The van der Waals surface area contributed by atoms with Crippen LogP contribution in [-0.2, 0) is 11.2 Å². The summed E-state index contributed by atoms with van der Waals surface area (Å²) < 4.78 is 5.56. The Labute approximate surface area is 126 Å². The highest BCUT2D eigenvalue weighted by atomic mass is 32.2. The number of rotatable bonds is 4. The Morgan fingerprint density at radius 3 is 3.05 bits per heavy atom. The van der Waals surface area contributed by atoms with Crippen LogP contribution in [0, 0.1) is 0 Å². The van der Waals surface area contributed by atoms with E-state index in [1.165, 1.54) is 17.3 Å². The molecule has 1 aromatic heterocycles. The molecule has 4 rings (SSSR count). The lowest BCUT2D eigenvalue weighted by molar-refractivity contribution is -0.116. The van der Waals surface area contributed by atoms with Crippen molar-refractivity contribution in [3.05, 3.63) is 35.7 Å². The molecule has 2 aliphatic rings. The van der Waals surface area contributed by atoms with E-state index >= 15 is 0 Å². The first-order chi connectivity index (χ1) is 10.3. The van der Waals surface area contributed by atoms with Crippen LogP contribution in [0.25, 0.3) is 0 Å². The van der Waals surface area contributed by atoms with Crippen molar-refractivity contribution < 1.29 is 9.21 Å². The highest BCUT2D eigenvalue weighted by Gasteiger charge is 2.30. The fourth-order valence-electron chi connectivity index (χ4n) is 2.57. The summed E-state index contributed by atoms with van der Waals surface area (Å²) in [6, 6.07) is 8.06. The monoisotopic (exact) mass is 301 g/mol. The van der Waals surface area contributed by atoms with Crippen molar-refractivity contribution in [1.82, 2.24) is 10.2 Å². The second kappa shape index (κ2) is 5.18. The normalized spacial score (nSPS) is 17.0. The first-order valence-electron chi connectivity index (χ1n) is 7.16. The molecule has 6 heteroatoms. The third kappa shape index (κ3) is 2.55. The molecule has 1 aliphatic carbocycles. The predicted octanol–water partition coefficient (Wildman–Crippen LogP) is 2.63. The second-order valence-corrected chi connectivity index (χ2v) is 6.32.